The van der Waals surface area contributed by atoms with Crippen molar-refractivity contribution in [2.45, 2.75) is 70.0 Å². The topological polar surface area (TPSA) is 185 Å². The van der Waals surface area contributed by atoms with Crippen LogP contribution in [0.1, 0.15) is 63.6 Å². The molecule has 3 unspecified atom stereocenters. The first kappa shape index (κ1) is 39.6. The Bertz CT molecular complexity index is 2560. The number of nitrogens with one attached hydrogen (secondary N) is 3. The number of hydrogen-bond donors (Lipinski definition) is 3. The number of benzene rings is 1. The molecule has 3 N–H and O–H groups in total. The number of amides is 3. The van der Waals surface area contributed by atoms with Gasteiger partial charge >= 0.3 is 0 Å². The van der Waals surface area contributed by atoms with Crippen LogP contribution < -0.4 is 36.0 Å². The molecule has 0 aliphatic carbocycles. The molecular formula is C42H49ClN12O5. The van der Waals surface area contributed by atoms with E-state index >= 15 is 0 Å². The third-order valence-electron chi connectivity index (χ3n) is 12.4. The third kappa shape index (κ3) is 7.37. The summed E-state index contributed by atoms with van der Waals surface area (Å²) in [6, 6.07) is 10.4. The highest BCUT2D eigenvalue weighted by atomic mass is 35.5. The van der Waals surface area contributed by atoms with Gasteiger partial charge in [0, 0.05) is 82.1 Å². The van der Waals surface area contributed by atoms with E-state index in [1.54, 1.807) is 23.0 Å². The fraction of sp³-hybridized carbons (Fsp3) is 0.476. The largest absolute Gasteiger partial charge is 0.478 e. The first-order chi connectivity index (χ1) is 28.9. The minimum Gasteiger partial charge on any atom is -0.478 e. The van der Waals surface area contributed by atoms with Gasteiger partial charge in [-0.05, 0) is 63.6 Å². The maximum Gasteiger partial charge on any atom is 0.294 e. The molecule has 0 saturated carbocycles. The molecule has 10 rings (SSSR count). The number of likely N-dealkylation sites (N-methyl/N-ethyl adjacent to an activating group) is 1. The van der Waals surface area contributed by atoms with Crippen molar-refractivity contribution < 1.29 is 19.1 Å². The number of rotatable bonds is 11. The Morgan fingerprint density at radius 3 is 2.57 bits per heavy atom. The lowest BCUT2D eigenvalue weighted by atomic mass is 9.85. The fourth-order valence-corrected chi connectivity index (χ4v) is 9.62. The van der Waals surface area contributed by atoms with Crippen molar-refractivity contribution >= 4 is 74.4 Å². The number of carbonyl (C=O) groups excluding carboxylic acids is 3. The van der Waals surface area contributed by atoms with Gasteiger partial charge in [0.2, 0.25) is 17.8 Å². The van der Waals surface area contributed by atoms with Gasteiger partial charge in [-0.1, -0.05) is 23.7 Å². The summed E-state index contributed by atoms with van der Waals surface area (Å²) in [6.07, 6.45) is 7.27. The number of para-hydroxylation sites is 1. The molecular weight excluding hydrogens is 788 g/mol. The Morgan fingerprint density at radius 1 is 1.05 bits per heavy atom. The molecule has 4 aromatic heterocycles. The Balaban J connectivity index is 0.827. The molecule has 5 aromatic rings. The van der Waals surface area contributed by atoms with Crippen molar-refractivity contribution in [2.24, 2.45) is 13.0 Å². The minimum absolute atomic E-state index is 0.0608. The van der Waals surface area contributed by atoms with Crippen LogP contribution in [-0.2, 0) is 21.4 Å². The molecule has 314 valence electrons. The lowest BCUT2D eigenvalue weighted by Crippen LogP contribution is -2.69. The number of hydrogen-bond acceptors (Lipinski definition) is 13. The number of piperazine rings is 1. The zero-order chi connectivity index (χ0) is 41.8. The Hall–Kier alpha value is -5.81. The molecule has 5 fully saturated rings. The Morgan fingerprint density at radius 2 is 1.83 bits per heavy atom. The van der Waals surface area contributed by atoms with Crippen LogP contribution in [0, 0.1) is 5.92 Å². The maximum absolute atomic E-state index is 13.2. The predicted octanol–water partition coefficient (Wildman–Crippen LogP) is 3.88. The number of carbonyl (C=O) groups is 3. The molecule has 5 aliphatic rings. The van der Waals surface area contributed by atoms with Crippen LogP contribution in [0.25, 0.3) is 21.9 Å². The van der Waals surface area contributed by atoms with E-state index in [2.05, 4.69) is 52.8 Å². The van der Waals surface area contributed by atoms with Crippen LogP contribution in [0.4, 0.5) is 23.1 Å². The molecule has 9 heterocycles. The highest BCUT2D eigenvalue weighted by Gasteiger charge is 2.46. The molecule has 60 heavy (non-hydrogen) atoms. The number of halogens is 1. The summed E-state index contributed by atoms with van der Waals surface area (Å²) in [4.78, 5) is 71.0. The lowest BCUT2D eigenvalue weighted by Gasteiger charge is -2.58. The van der Waals surface area contributed by atoms with Crippen LogP contribution >= 0.6 is 11.6 Å². The van der Waals surface area contributed by atoms with E-state index < -0.39 is 5.92 Å². The van der Waals surface area contributed by atoms with Crippen molar-refractivity contribution in [3.8, 4) is 5.75 Å². The molecule has 5 aliphatic heterocycles. The number of aromatic nitrogens is 6. The third-order valence-corrected chi connectivity index (χ3v) is 12.7. The molecule has 1 aromatic carbocycles. The molecule has 0 radical (unpaired) electrons. The quantitative estimate of drug-likeness (QED) is 0.163. The average Bonchev–Trinajstić information content (AvgIpc) is 3.57. The maximum atomic E-state index is 13.2. The van der Waals surface area contributed by atoms with Crippen LogP contribution in [0.15, 0.2) is 47.5 Å². The van der Waals surface area contributed by atoms with E-state index in [0.717, 1.165) is 68.6 Å². The highest BCUT2D eigenvalue weighted by Crippen LogP contribution is 2.43. The number of anilines is 4. The van der Waals surface area contributed by atoms with Gasteiger partial charge in [-0.15, -0.1) is 0 Å². The lowest BCUT2D eigenvalue weighted by molar-refractivity contribution is -0.134. The van der Waals surface area contributed by atoms with Gasteiger partial charge in [0.25, 0.3) is 11.5 Å². The van der Waals surface area contributed by atoms with Gasteiger partial charge in [0.15, 0.2) is 18.2 Å². The number of ether oxygens (including phenoxy) is 1. The van der Waals surface area contributed by atoms with Crippen molar-refractivity contribution in [2.75, 3.05) is 61.5 Å². The van der Waals surface area contributed by atoms with Crippen molar-refractivity contribution in [1.29, 1.82) is 0 Å². The fourth-order valence-electron chi connectivity index (χ4n) is 9.48. The van der Waals surface area contributed by atoms with Crippen molar-refractivity contribution in [3.63, 3.8) is 0 Å². The van der Waals surface area contributed by atoms with Gasteiger partial charge in [0.05, 0.1) is 40.9 Å². The van der Waals surface area contributed by atoms with E-state index in [9.17, 15) is 19.2 Å². The second-order valence-electron chi connectivity index (χ2n) is 16.7. The summed E-state index contributed by atoms with van der Waals surface area (Å²) >= 11 is 6.61. The summed E-state index contributed by atoms with van der Waals surface area (Å²) in [5.74, 6) is 0.424. The van der Waals surface area contributed by atoms with E-state index in [1.807, 2.05) is 37.7 Å². The standard InChI is InChI=1S/C42H49ClN12O5/c1-23(2)54-39-25(15-33(41(54)59)60-22-35(57)44-3)14-26(17-45-39)47-38-31(43)18-46-42(49-38)53-12-10-24(11-13-53)19-52-20-27-16-28(21-52)55(27)32-7-5-6-29-36(50-51(4)37(29)32)30-8-9-34(56)48-40(30)58/h5-7,14-15,17-18,23-24,27-28,30H,8-13,16,19-22H2,1-4H3,(H,44,57)(H,46,47,49)(H,48,56,58). The van der Waals surface area contributed by atoms with Gasteiger partial charge in [-0.25, -0.2) is 9.97 Å². The first-order valence-corrected chi connectivity index (χ1v) is 21.1. The number of aryl methyl sites for hydroxylation is 1. The normalized spacial score (nSPS) is 21.1. The Labute approximate surface area is 351 Å². The SMILES string of the molecule is CNC(=O)COc1cc2cc(Nc3nc(N4CCC(CN5CC6CC(C5)N6c5cccc6c(C7CCC(=O)NC7=O)nn(C)c56)CC4)ncc3Cl)cnc2n(C(C)C)c1=O. The number of piperidine rings is 3. The average molecular weight is 837 g/mol. The second-order valence-corrected chi connectivity index (χ2v) is 17.1. The monoisotopic (exact) mass is 836 g/mol. The van der Waals surface area contributed by atoms with Crippen LogP contribution in [-0.4, -0.2) is 110 Å². The zero-order valence-electron chi connectivity index (χ0n) is 34.2. The van der Waals surface area contributed by atoms with Gasteiger partial charge in [-0.2, -0.15) is 10.1 Å². The Kier molecular flexibility index (Phi) is 10.6. The predicted molar refractivity (Wildman–Crippen MR) is 228 cm³/mol. The number of pyridine rings is 2. The molecule has 2 bridgehead atoms. The number of fused-ring (bicyclic) bond motifs is 4. The van der Waals surface area contributed by atoms with Gasteiger partial charge in [-0.3, -0.25) is 38.6 Å². The van der Waals surface area contributed by atoms with Crippen LogP contribution in [0.2, 0.25) is 5.02 Å². The summed E-state index contributed by atoms with van der Waals surface area (Å²) in [5, 5.41) is 15.1. The molecule has 18 heteroatoms. The number of imide groups is 1. The highest BCUT2D eigenvalue weighted by molar-refractivity contribution is 6.33. The smallest absolute Gasteiger partial charge is 0.294 e. The van der Waals surface area contributed by atoms with Crippen LogP contribution in [0.3, 0.4) is 0 Å². The van der Waals surface area contributed by atoms with Crippen molar-refractivity contribution in [1.82, 2.24) is 44.8 Å². The van der Waals surface area contributed by atoms with E-state index in [-0.39, 0.29) is 41.7 Å². The molecule has 0 spiro atoms. The summed E-state index contributed by atoms with van der Waals surface area (Å²) in [5.41, 5.74) is 3.71. The van der Waals surface area contributed by atoms with Gasteiger partial charge in [0.1, 0.15) is 10.7 Å². The van der Waals surface area contributed by atoms with Gasteiger partial charge < -0.3 is 25.2 Å². The van der Waals surface area contributed by atoms with E-state index in [1.165, 1.54) is 12.7 Å². The van der Waals surface area contributed by atoms with E-state index in [4.69, 9.17) is 26.4 Å². The minimum atomic E-state index is -0.425. The number of nitrogens with zero attached hydrogens (tertiary/aromatic N) is 9. The van der Waals surface area contributed by atoms with E-state index in [0.29, 0.717) is 64.4 Å². The second kappa shape index (κ2) is 16.0. The molecule has 5 saturated heterocycles. The summed E-state index contributed by atoms with van der Waals surface area (Å²) < 4.78 is 9.06. The first-order valence-electron chi connectivity index (χ1n) is 20.7. The molecule has 17 nitrogen and oxygen atoms in total. The molecule has 3 amide bonds. The van der Waals surface area contributed by atoms with Crippen molar-refractivity contribution in [3.05, 3.63) is 63.8 Å². The zero-order valence-corrected chi connectivity index (χ0v) is 34.9. The summed E-state index contributed by atoms with van der Waals surface area (Å²) in [7, 11) is 3.46. The molecule has 3 atom stereocenters. The summed E-state index contributed by atoms with van der Waals surface area (Å²) in [6.45, 7) is 8.23. The van der Waals surface area contributed by atoms with Crippen LogP contribution in [0.5, 0.6) is 5.75 Å².